The molecule has 2 saturated heterocycles. The van der Waals surface area contributed by atoms with Gasteiger partial charge in [-0.2, -0.15) is 0 Å². The molecule has 4 aliphatic rings. The highest BCUT2D eigenvalue weighted by Crippen LogP contribution is 2.61. The Bertz CT molecular complexity index is 1430. The van der Waals surface area contributed by atoms with Gasteiger partial charge in [-0.05, 0) is 98.9 Å². The van der Waals surface area contributed by atoms with E-state index in [2.05, 4.69) is 98.2 Å². The molecule has 0 radical (unpaired) electrons. The van der Waals surface area contributed by atoms with Gasteiger partial charge >= 0.3 is 0 Å². The Morgan fingerprint density at radius 3 is 1.24 bits per heavy atom. The summed E-state index contributed by atoms with van der Waals surface area (Å²) < 4.78 is 0. The first-order valence-corrected chi connectivity index (χ1v) is 16.2. The summed E-state index contributed by atoms with van der Waals surface area (Å²) in [6.07, 6.45) is 10.8. The Morgan fingerprint density at radius 1 is 0.524 bits per heavy atom. The Labute approximate surface area is 251 Å². The molecular formula is C38H44N2O2. The van der Waals surface area contributed by atoms with Crippen molar-refractivity contribution in [1.82, 2.24) is 0 Å². The second-order valence-corrected chi connectivity index (χ2v) is 13.8. The van der Waals surface area contributed by atoms with E-state index in [1.54, 1.807) is 0 Å². The largest absolute Gasteiger partial charge is 0.303 e. The molecule has 2 unspecified atom stereocenters. The highest BCUT2D eigenvalue weighted by atomic mass is 16.2. The molecule has 42 heavy (non-hydrogen) atoms. The number of benzene rings is 3. The fourth-order valence-electron chi connectivity index (χ4n) is 8.90. The van der Waals surface area contributed by atoms with E-state index in [0.717, 1.165) is 73.9 Å². The number of rotatable bonds is 4. The summed E-state index contributed by atoms with van der Waals surface area (Å²) in [5, 5.41) is 0. The number of carbonyl (C=O) groups excluding carboxylic acids is 2. The monoisotopic (exact) mass is 560 g/mol. The lowest BCUT2D eigenvalue weighted by Crippen LogP contribution is -2.65. The Morgan fingerprint density at radius 2 is 0.881 bits per heavy atom. The van der Waals surface area contributed by atoms with Crippen LogP contribution >= 0.6 is 0 Å². The molecule has 3 aromatic carbocycles. The van der Waals surface area contributed by atoms with Crippen LogP contribution in [0, 0.1) is 38.5 Å². The molecule has 2 aliphatic carbocycles. The van der Waals surface area contributed by atoms with Crippen LogP contribution in [0.5, 0.6) is 0 Å². The van der Waals surface area contributed by atoms with Crippen molar-refractivity contribution in [3.05, 3.63) is 94.0 Å². The molecule has 2 atom stereocenters. The van der Waals surface area contributed by atoms with Crippen molar-refractivity contribution in [3.8, 4) is 0 Å². The molecule has 2 heterocycles. The Kier molecular flexibility index (Phi) is 6.60. The molecule has 4 nitrogen and oxygen atoms in total. The first-order chi connectivity index (χ1) is 20.3. The van der Waals surface area contributed by atoms with Crippen LogP contribution in [-0.2, 0) is 9.59 Å². The third kappa shape index (κ3) is 3.93. The quantitative estimate of drug-likeness (QED) is 0.299. The molecule has 0 aromatic heterocycles. The number of aryl methyl sites for hydroxylation is 4. The highest BCUT2D eigenvalue weighted by molar-refractivity contribution is 6.08. The van der Waals surface area contributed by atoms with Crippen LogP contribution in [0.4, 0.5) is 11.4 Å². The maximum Gasteiger partial charge on any atom is 0.236 e. The van der Waals surface area contributed by atoms with Gasteiger partial charge in [0.25, 0.3) is 0 Å². The van der Waals surface area contributed by atoms with Crippen molar-refractivity contribution in [3.63, 3.8) is 0 Å². The molecule has 2 saturated carbocycles. The van der Waals surface area contributed by atoms with E-state index < -0.39 is 0 Å². The van der Waals surface area contributed by atoms with Crippen LogP contribution in [-0.4, -0.2) is 11.8 Å². The van der Waals surface area contributed by atoms with Crippen molar-refractivity contribution in [2.24, 2.45) is 10.8 Å². The molecule has 2 aliphatic heterocycles. The molecule has 4 fully saturated rings. The number of hydrogen-bond acceptors (Lipinski definition) is 2. The first-order valence-electron chi connectivity index (χ1n) is 16.2. The average Bonchev–Trinajstić information content (AvgIpc) is 3.02. The third-order valence-corrected chi connectivity index (χ3v) is 11.2. The number of hydrogen-bond donors (Lipinski definition) is 0. The maximum absolute atomic E-state index is 14.0. The molecule has 0 bridgehead atoms. The lowest BCUT2D eigenvalue weighted by atomic mass is 9.59. The summed E-state index contributed by atoms with van der Waals surface area (Å²) in [6.45, 7) is 8.45. The third-order valence-electron chi connectivity index (χ3n) is 11.2. The van der Waals surface area contributed by atoms with E-state index in [1.165, 1.54) is 35.1 Å². The van der Waals surface area contributed by atoms with Gasteiger partial charge in [-0.25, -0.2) is 0 Å². The lowest BCUT2D eigenvalue weighted by molar-refractivity contribution is -0.144. The fourth-order valence-corrected chi connectivity index (χ4v) is 8.90. The second-order valence-electron chi connectivity index (χ2n) is 13.8. The molecule has 7 rings (SSSR count). The summed E-state index contributed by atoms with van der Waals surface area (Å²) in [6, 6.07) is 22.1. The number of amides is 2. The van der Waals surface area contributed by atoms with Gasteiger partial charge in [0.15, 0.2) is 0 Å². The molecule has 4 heteroatoms. The predicted molar refractivity (Wildman–Crippen MR) is 170 cm³/mol. The summed E-state index contributed by atoms with van der Waals surface area (Å²) in [4.78, 5) is 32.2. The zero-order valence-corrected chi connectivity index (χ0v) is 25.7. The SMILES string of the molecule is Cc1ccc(C)c(N2C(=O)C3(CCCCC3)C2c2ccc(C3N(c4cc(C)ccc4C)C(=O)C34CCCCC4)cc2)c1. The van der Waals surface area contributed by atoms with Crippen LogP contribution in [0.2, 0.25) is 0 Å². The number of β-lactam (4-membered cyclic amide) rings is 2. The van der Waals surface area contributed by atoms with Gasteiger partial charge in [0.1, 0.15) is 0 Å². The normalized spacial score (nSPS) is 24.6. The number of carbonyl (C=O) groups is 2. The fraction of sp³-hybridized carbons (Fsp3) is 0.474. The van der Waals surface area contributed by atoms with Gasteiger partial charge < -0.3 is 9.80 Å². The van der Waals surface area contributed by atoms with Gasteiger partial charge in [0.2, 0.25) is 11.8 Å². The van der Waals surface area contributed by atoms with Crippen molar-refractivity contribution >= 4 is 23.2 Å². The Hall–Kier alpha value is -3.40. The van der Waals surface area contributed by atoms with Gasteiger partial charge in [-0.1, -0.05) is 87.1 Å². The van der Waals surface area contributed by atoms with Crippen LogP contribution in [0.1, 0.15) is 110 Å². The predicted octanol–water partition coefficient (Wildman–Crippen LogP) is 9.00. The van der Waals surface area contributed by atoms with E-state index in [4.69, 9.17) is 0 Å². The minimum Gasteiger partial charge on any atom is -0.303 e. The topological polar surface area (TPSA) is 40.6 Å². The lowest BCUT2D eigenvalue weighted by Gasteiger charge is -2.59. The van der Waals surface area contributed by atoms with Gasteiger partial charge in [0, 0.05) is 11.4 Å². The van der Waals surface area contributed by atoms with E-state index in [9.17, 15) is 9.59 Å². The molecule has 2 amide bonds. The summed E-state index contributed by atoms with van der Waals surface area (Å²) in [5.74, 6) is 0.605. The van der Waals surface area contributed by atoms with E-state index in [-0.39, 0.29) is 22.9 Å². The van der Waals surface area contributed by atoms with E-state index >= 15 is 0 Å². The van der Waals surface area contributed by atoms with Crippen LogP contribution in [0.25, 0.3) is 0 Å². The van der Waals surface area contributed by atoms with Gasteiger partial charge in [0.05, 0.1) is 22.9 Å². The Balaban J connectivity index is 1.28. The van der Waals surface area contributed by atoms with Crippen LogP contribution in [0.15, 0.2) is 60.7 Å². The summed E-state index contributed by atoms with van der Waals surface area (Å²) >= 11 is 0. The van der Waals surface area contributed by atoms with Crippen molar-refractivity contribution < 1.29 is 9.59 Å². The zero-order valence-electron chi connectivity index (χ0n) is 25.7. The van der Waals surface area contributed by atoms with E-state index in [1.807, 2.05) is 0 Å². The van der Waals surface area contributed by atoms with E-state index in [0.29, 0.717) is 11.8 Å². The molecular weight excluding hydrogens is 516 g/mol. The smallest absolute Gasteiger partial charge is 0.236 e. The standard InChI is InChI=1S/C38H44N2O2/c1-25-11-13-27(3)31(23-25)39-33(37(35(39)41)19-7-5-8-20-37)29-15-17-30(18-16-29)34-38(21-9-6-10-22-38)36(42)40(34)32-24-26(2)12-14-28(32)4/h11-18,23-24,33-34H,5-10,19-22H2,1-4H3. The number of nitrogens with zero attached hydrogens (tertiary/aromatic N) is 2. The van der Waals surface area contributed by atoms with Crippen molar-refractivity contribution in [1.29, 1.82) is 0 Å². The number of anilines is 2. The minimum atomic E-state index is -0.294. The second kappa shape index (κ2) is 10.1. The minimum absolute atomic E-state index is 0.0571. The molecule has 0 N–H and O–H groups in total. The van der Waals surface area contributed by atoms with Crippen molar-refractivity contribution in [2.75, 3.05) is 9.80 Å². The van der Waals surface area contributed by atoms with Crippen LogP contribution < -0.4 is 9.80 Å². The molecule has 3 aromatic rings. The average molecular weight is 561 g/mol. The summed E-state index contributed by atoms with van der Waals surface area (Å²) in [5.41, 5.74) is 8.63. The highest BCUT2D eigenvalue weighted by Gasteiger charge is 2.63. The van der Waals surface area contributed by atoms with Gasteiger partial charge in [-0.3, -0.25) is 9.59 Å². The molecule has 2 spiro atoms. The first kappa shape index (κ1) is 27.4. The summed E-state index contributed by atoms with van der Waals surface area (Å²) in [7, 11) is 0. The van der Waals surface area contributed by atoms with Gasteiger partial charge in [-0.15, -0.1) is 0 Å². The van der Waals surface area contributed by atoms with Crippen molar-refractivity contribution in [2.45, 2.75) is 104 Å². The van der Waals surface area contributed by atoms with Crippen LogP contribution in [0.3, 0.4) is 0 Å². The molecule has 218 valence electrons. The zero-order chi connectivity index (χ0) is 29.2. The maximum atomic E-state index is 14.0.